The summed E-state index contributed by atoms with van der Waals surface area (Å²) in [5.74, 6) is 0. The molecule has 0 saturated carbocycles. The SMILES string of the molecule is O=NCc1ccsc1. The minimum absolute atomic E-state index is 0.309. The summed E-state index contributed by atoms with van der Waals surface area (Å²) in [6.07, 6.45) is 0. The molecule has 0 aliphatic carbocycles. The summed E-state index contributed by atoms with van der Waals surface area (Å²) >= 11 is 1.58. The average molecular weight is 127 g/mol. The van der Waals surface area contributed by atoms with Gasteiger partial charge in [0.05, 0.1) is 0 Å². The van der Waals surface area contributed by atoms with Crippen LogP contribution in [0.15, 0.2) is 22.0 Å². The van der Waals surface area contributed by atoms with Gasteiger partial charge in [0.1, 0.15) is 6.54 Å². The van der Waals surface area contributed by atoms with Crippen molar-refractivity contribution in [3.8, 4) is 0 Å². The highest BCUT2D eigenvalue weighted by Gasteiger charge is 1.87. The molecule has 0 N–H and O–H groups in total. The summed E-state index contributed by atoms with van der Waals surface area (Å²) in [6.45, 7) is 0.309. The molecule has 0 radical (unpaired) electrons. The third-order valence-corrected chi connectivity index (χ3v) is 1.56. The van der Waals surface area contributed by atoms with Gasteiger partial charge < -0.3 is 0 Å². The van der Waals surface area contributed by atoms with Crippen LogP contribution in [0.2, 0.25) is 0 Å². The molecular weight excluding hydrogens is 122 g/mol. The fourth-order valence-electron chi connectivity index (χ4n) is 0.457. The van der Waals surface area contributed by atoms with E-state index in [1.807, 2.05) is 16.8 Å². The highest BCUT2D eigenvalue weighted by atomic mass is 32.1. The summed E-state index contributed by atoms with van der Waals surface area (Å²) in [7, 11) is 0. The molecule has 2 nitrogen and oxygen atoms in total. The van der Waals surface area contributed by atoms with E-state index < -0.39 is 0 Å². The zero-order valence-electron chi connectivity index (χ0n) is 4.20. The second-order valence-electron chi connectivity index (χ2n) is 1.42. The van der Waals surface area contributed by atoms with Gasteiger partial charge in [-0.2, -0.15) is 16.2 Å². The molecule has 0 aliphatic heterocycles. The van der Waals surface area contributed by atoms with Crippen LogP contribution >= 0.6 is 11.3 Å². The van der Waals surface area contributed by atoms with Crippen molar-refractivity contribution in [2.45, 2.75) is 6.54 Å². The fourth-order valence-corrected chi connectivity index (χ4v) is 1.12. The standard InChI is InChI=1S/C5H5NOS/c7-6-3-5-1-2-8-4-5/h1-2,4H,3H2. The van der Waals surface area contributed by atoms with E-state index in [1.54, 1.807) is 11.3 Å². The highest BCUT2D eigenvalue weighted by Crippen LogP contribution is 2.05. The molecule has 1 aromatic heterocycles. The van der Waals surface area contributed by atoms with Gasteiger partial charge in [0.2, 0.25) is 0 Å². The van der Waals surface area contributed by atoms with Crippen LogP contribution in [0.3, 0.4) is 0 Å². The summed E-state index contributed by atoms with van der Waals surface area (Å²) < 4.78 is 0. The van der Waals surface area contributed by atoms with Gasteiger partial charge in [-0.3, -0.25) is 0 Å². The lowest BCUT2D eigenvalue weighted by Crippen LogP contribution is -1.69. The summed E-state index contributed by atoms with van der Waals surface area (Å²) in [5, 5.41) is 6.58. The number of thiophene rings is 1. The minimum atomic E-state index is 0.309. The van der Waals surface area contributed by atoms with Crippen LogP contribution in [0, 0.1) is 4.91 Å². The molecule has 1 rings (SSSR count). The second-order valence-corrected chi connectivity index (χ2v) is 2.20. The smallest absolute Gasteiger partial charge is 0.107 e. The first-order chi connectivity index (χ1) is 3.93. The monoisotopic (exact) mass is 127 g/mol. The zero-order chi connectivity index (χ0) is 5.82. The maximum absolute atomic E-state index is 9.63. The van der Waals surface area contributed by atoms with E-state index in [0.29, 0.717) is 6.54 Å². The number of hydrogen-bond acceptors (Lipinski definition) is 3. The first kappa shape index (κ1) is 5.44. The summed E-state index contributed by atoms with van der Waals surface area (Å²) in [4.78, 5) is 9.63. The first-order valence-corrected chi connectivity index (χ1v) is 3.18. The van der Waals surface area contributed by atoms with E-state index in [1.165, 1.54) is 0 Å². The van der Waals surface area contributed by atoms with Gasteiger partial charge in [0, 0.05) is 0 Å². The van der Waals surface area contributed by atoms with Crippen LogP contribution in [-0.2, 0) is 6.54 Å². The van der Waals surface area contributed by atoms with E-state index in [9.17, 15) is 4.91 Å². The molecule has 8 heavy (non-hydrogen) atoms. The van der Waals surface area contributed by atoms with Crippen LogP contribution in [0.5, 0.6) is 0 Å². The Morgan fingerprint density at radius 1 is 1.75 bits per heavy atom. The molecule has 0 bridgehead atoms. The largest absolute Gasteiger partial charge is 0.152 e. The van der Waals surface area contributed by atoms with Crippen LogP contribution in [0.4, 0.5) is 0 Å². The lowest BCUT2D eigenvalue weighted by atomic mass is 10.4. The molecule has 1 aromatic rings. The zero-order valence-corrected chi connectivity index (χ0v) is 5.02. The predicted octanol–water partition coefficient (Wildman–Crippen LogP) is 2.01. The van der Waals surface area contributed by atoms with E-state index in [-0.39, 0.29) is 0 Å². The number of rotatable bonds is 2. The van der Waals surface area contributed by atoms with Crippen molar-refractivity contribution < 1.29 is 0 Å². The molecule has 1 heterocycles. The molecule has 0 fully saturated rings. The number of hydrogen-bond donors (Lipinski definition) is 0. The molecule has 0 unspecified atom stereocenters. The maximum atomic E-state index is 9.63. The van der Waals surface area contributed by atoms with Crippen LogP contribution in [0.25, 0.3) is 0 Å². The second kappa shape index (κ2) is 2.57. The minimum Gasteiger partial charge on any atom is -0.152 e. The Balaban J connectivity index is 2.62. The lowest BCUT2D eigenvalue weighted by Gasteiger charge is -1.77. The van der Waals surface area contributed by atoms with Gasteiger partial charge >= 0.3 is 0 Å². The van der Waals surface area contributed by atoms with Gasteiger partial charge in [-0.05, 0) is 22.4 Å². The topological polar surface area (TPSA) is 29.4 Å². The third kappa shape index (κ3) is 1.13. The van der Waals surface area contributed by atoms with Gasteiger partial charge in [0.25, 0.3) is 0 Å². The van der Waals surface area contributed by atoms with Gasteiger partial charge in [-0.15, -0.1) is 0 Å². The quantitative estimate of drug-likeness (QED) is 0.559. The maximum Gasteiger partial charge on any atom is 0.107 e. The van der Waals surface area contributed by atoms with Crippen molar-refractivity contribution >= 4 is 11.3 Å². The van der Waals surface area contributed by atoms with Crippen LogP contribution in [-0.4, -0.2) is 0 Å². The van der Waals surface area contributed by atoms with E-state index in [2.05, 4.69) is 5.18 Å². The van der Waals surface area contributed by atoms with Crippen molar-refractivity contribution in [1.29, 1.82) is 0 Å². The molecule has 0 spiro atoms. The summed E-state index contributed by atoms with van der Waals surface area (Å²) in [6, 6.07) is 1.89. The summed E-state index contributed by atoms with van der Waals surface area (Å²) in [5.41, 5.74) is 1.00. The Kier molecular flexibility index (Phi) is 1.75. The van der Waals surface area contributed by atoms with Crippen molar-refractivity contribution in [3.05, 3.63) is 27.3 Å². The molecule has 0 aromatic carbocycles. The predicted molar refractivity (Wildman–Crippen MR) is 33.8 cm³/mol. The van der Waals surface area contributed by atoms with Gasteiger partial charge in [-0.25, -0.2) is 0 Å². The number of nitroso groups, excluding NO2 is 1. The Morgan fingerprint density at radius 2 is 2.62 bits per heavy atom. The van der Waals surface area contributed by atoms with Crippen molar-refractivity contribution in [2.75, 3.05) is 0 Å². The molecule has 0 atom stereocenters. The Bertz CT molecular complexity index is 159. The van der Waals surface area contributed by atoms with Crippen LogP contribution in [0.1, 0.15) is 5.56 Å². The molecular formula is C5H5NOS. The molecule has 0 amide bonds. The van der Waals surface area contributed by atoms with Crippen LogP contribution < -0.4 is 0 Å². The van der Waals surface area contributed by atoms with E-state index >= 15 is 0 Å². The molecule has 3 heteroatoms. The van der Waals surface area contributed by atoms with Crippen molar-refractivity contribution in [2.24, 2.45) is 5.18 Å². The van der Waals surface area contributed by atoms with Gasteiger partial charge in [0.15, 0.2) is 0 Å². The Morgan fingerprint density at radius 3 is 3.12 bits per heavy atom. The Labute approximate surface area is 51.1 Å². The lowest BCUT2D eigenvalue weighted by molar-refractivity contribution is 1.06. The van der Waals surface area contributed by atoms with E-state index in [4.69, 9.17) is 0 Å². The normalized spacial score (nSPS) is 9.00. The Hall–Kier alpha value is -0.700. The van der Waals surface area contributed by atoms with Crippen molar-refractivity contribution in [3.63, 3.8) is 0 Å². The third-order valence-electron chi connectivity index (χ3n) is 0.827. The van der Waals surface area contributed by atoms with Crippen molar-refractivity contribution in [1.82, 2.24) is 0 Å². The molecule has 42 valence electrons. The fraction of sp³-hybridized carbons (Fsp3) is 0.200. The molecule has 0 aliphatic rings. The average Bonchev–Trinajstić information content (AvgIpc) is 2.19. The highest BCUT2D eigenvalue weighted by molar-refractivity contribution is 7.07. The van der Waals surface area contributed by atoms with Gasteiger partial charge in [-0.1, -0.05) is 5.18 Å². The number of nitrogens with zero attached hydrogens (tertiary/aromatic N) is 1. The molecule has 0 saturated heterocycles. The van der Waals surface area contributed by atoms with E-state index in [0.717, 1.165) is 5.56 Å². The first-order valence-electron chi connectivity index (χ1n) is 2.23.